The van der Waals surface area contributed by atoms with Gasteiger partial charge in [-0.25, -0.2) is 10.3 Å². The Morgan fingerprint density at radius 1 is 1.19 bits per heavy atom. The fourth-order valence-electron chi connectivity index (χ4n) is 4.41. The average Bonchev–Trinajstić information content (AvgIpc) is 3.03. The van der Waals surface area contributed by atoms with Crippen LogP contribution in [0.3, 0.4) is 0 Å². The summed E-state index contributed by atoms with van der Waals surface area (Å²) in [6.07, 6.45) is 4.59. The molecule has 0 spiro atoms. The van der Waals surface area contributed by atoms with Crippen LogP contribution in [0.15, 0.2) is 0 Å². The quantitative estimate of drug-likeness (QED) is 0.415. The molecule has 11 nitrogen and oxygen atoms in total. The SMILES string of the molecule is O=C(NOC1CC2CCC(C1)N2)[C@@H]1CCC2CN1C(=O)N2OS(=O)(=O)O. The zero-order valence-electron chi connectivity index (χ0n) is 14.0. The van der Waals surface area contributed by atoms with E-state index in [1.54, 1.807) is 0 Å². The number of nitrogens with zero attached hydrogens (tertiary/aromatic N) is 2. The molecule has 0 aliphatic carbocycles. The lowest BCUT2D eigenvalue weighted by atomic mass is 10.0. The standard InChI is InChI=1S/C14H22N4O7S/c19-13(16-24-11-5-8-1-2-9(6-11)15-8)12-4-3-10-7-17(12)14(20)18(10)25-26(21,22)23/h8-12,15H,1-7H2,(H,16,19)(H,21,22,23)/t8?,9?,10?,11?,12-/m0/s1. The molecule has 0 aromatic carbocycles. The number of fused-ring (bicyclic) bond motifs is 4. The molecule has 4 aliphatic heterocycles. The van der Waals surface area contributed by atoms with E-state index >= 15 is 0 Å². The van der Waals surface area contributed by atoms with Gasteiger partial charge in [0.25, 0.3) is 5.91 Å². The van der Waals surface area contributed by atoms with Crippen molar-refractivity contribution < 1.29 is 31.7 Å². The summed E-state index contributed by atoms with van der Waals surface area (Å²) < 4.78 is 34.9. The summed E-state index contributed by atoms with van der Waals surface area (Å²) in [6.45, 7) is 0.157. The molecule has 4 rings (SSSR count). The largest absolute Gasteiger partial charge is 0.418 e. The normalized spacial score (nSPS) is 36.5. The van der Waals surface area contributed by atoms with Crippen LogP contribution in [0.25, 0.3) is 0 Å². The highest BCUT2D eigenvalue weighted by Gasteiger charge is 2.49. The van der Waals surface area contributed by atoms with Crippen LogP contribution in [0.4, 0.5) is 4.79 Å². The first-order chi connectivity index (χ1) is 12.3. The number of nitrogens with one attached hydrogen (secondary N) is 2. The maximum atomic E-state index is 12.5. The Kier molecular flexibility index (Phi) is 4.55. The Morgan fingerprint density at radius 2 is 1.88 bits per heavy atom. The van der Waals surface area contributed by atoms with Crippen molar-refractivity contribution in [1.29, 1.82) is 0 Å². The molecule has 0 radical (unpaired) electrons. The van der Waals surface area contributed by atoms with Crippen molar-refractivity contribution in [3.8, 4) is 0 Å². The zero-order chi connectivity index (χ0) is 18.5. The third-order valence-corrected chi connectivity index (χ3v) is 5.90. The molecule has 0 aromatic heterocycles. The van der Waals surface area contributed by atoms with E-state index in [0.717, 1.165) is 25.7 Å². The molecule has 4 aliphatic rings. The van der Waals surface area contributed by atoms with Crippen molar-refractivity contribution in [2.45, 2.75) is 68.8 Å². The van der Waals surface area contributed by atoms with Gasteiger partial charge < -0.3 is 10.2 Å². The first-order valence-electron chi connectivity index (χ1n) is 8.78. The van der Waals surface area contributed by atoms with Gasteiger partial charge in [0, 0.05) is 18.6 Å². The van der Waals surface area contributed by atoms with Crippen LogP contribution >= 0.6 is 0 Å². The first-order valence-corrected chi connectivity index (χ1v) is 10.1. The van der Waals surface area contributed by atoms with Crippen molar-refractivity contribution in [2.75, 3.05) is 6.54 Å². The average molecular weight is 390 g/mol. The molecule has 3 unspecified atom stereocenters. The lowest BCUT2D eigenvalue weighted by Gasteiger charge is -2.31. The van der Waals surface area contributed by atoms with Gasteiger partial charge in [-0.2, -0.15) is 13.5 Å². The maximum Gasteiger partial charge on any atom is 0.418 e. The second kappa shape index (κ2) is 6.60. The minimum absolute atomic E-state index is 0.0531. The van der Waals surface area contributed by atoms with E-state index in [0.29, 0.717) is 30.0 Å². The van der Waals surface area contributed by atoms with Crippen molar-refractivity contribution >= 4 is 22.3 Å². The molecule has 4 atom stereocenters. The fraction of sp³-hybridized carbons (Fsp3) is 0.857. The fourth-order valence-corrected chi connectivity index (χ4v) is 4.80. The highest BCUT2D eigenvalue weighted by Crippen LogP contribution is 2.31. The third kappa shape index (κ3) is 3.51. The summed E-state index contributed by atoms with van der Waals surface area (Å²) >= 11 is 0. The van der Waals surface area contributed by atoms with E-state index in [2.05, 4.69) is 15.1 Å². The predicted molar refractivity (Wildman–Crippen MR) is 85.6 cm³/mol. The Labute approximate surface area is 150 Å². The van der Waals surface area contributed by atoms with Gasteiger partial charge in [0.2, 0.25) is 0 Å². The van der Waals surface area contributed by atoms with Gasteiger partial charge in [-0.3, -0.25) is 14.2 Å². The summed E-state index contributed by atoms with van der Waals surface area (Å²) in [5.74, 6) is -0.434. The topological polar surface area (TPSA) is 138 Å². The number of hydrogen-bond acceptors (Lipinski definition) is 7. The minimum Gasteiger partial charge on any atom is -0.311 e. The van der Waals surface area contributed by atoms with Gasteiger partial charge in [-0.05, 0) is 38.5 Å². The smallest absolute Gasteiger partial charge is 0.311 e. The molecule has 3 amide bonds. The van der Waals surface area contributed by atoms with E-state index < -0.39 is 34.4 Å². The molecule has 3 N–H and O–H groups in total. The van der Waals surface area contributed by atoms with Crippen LogP contribution < -0.4 is 10.8 Å². The van der Waals surface area contributed by atoms with E-state index in [4.69, 9.17) is 9.39 Å². The molecular formula is C14H22N4O7S. The van der Waals surface area contributed by atoms with Crippen LogP contribution in [0.2, 0.25) is 0 Å². The monoisotopic (exact) mass is 390 g/mol. The number of piperidine rings is 2. The van der Waals surface area contributed by atoms with Gasteiger partial charge in [0.05, 0.1) is 12.1 Å². The van der Waals surface area contributed by atoms with E-state index in [1.807, 2.05) is 0 Å². The molecular weight excluding hydrogens is 368 g/mol. The second-order valence-corrected chi connectivity index (χ2v) is 8.33. The lowest BCUT2D eigenvalue weighted by Crippen LogP contribution is -2.51. The number of amides is 3. The summed E-state index contributed by atoms with van der Waals surface area (Å²) in [6, 6.07) is -1.18. The van der Waals surface area contributed by atoms with Crippen molar-refractivity contribution in [2.24, 2.45) is 0 Å². The van der Waals surface area contributed by atoms with Crippen LogP contribution in [0.5, 0.6) is 0 Å². The summed E-state index contributed by atoms with van der Waals surface area (Å²) in [5, 5.41) is 4.11. The molecule has 26 heavy (non-hydrogen) atoms. The first kappa shape index (κ1) is 17.9. The Balaban J connectivity index is 1.33. The van der Waals surface area contributed by atoms with Gasteiger partial charge in [0.15, 0.2) is 0 Å². The van der Waals surface area contributed by atoms with E-state index in [9.17, 15) is 18.0 Å². The number of carbonyl (C=O) groups excluding carboxylic acids is 2. The number of hydrogen-bond donors (Lipinski definition) is 3. The maximum absolute atomic E-state index is 12.5. The Morgan fingerprint density at radius 3 is 2.54 bits per heavy atom. The van der Waals surface area contributed by atoms with Gasteiger partial charge >= 0.3 is 16.4 Å². The van der Waals surface area contributed by atoms with E-state index in [1.165, 1.54) is 4.90 Å². The highest BCUT2D eigenvalue weighted by atomic mass is 32.3. The molecule has 146 valence electrons. The summed E-state index contributed by atoms with van der Waals surface area (Å²) in [4.78, 5) is 31.6. The predicted octanol–water partition coefficient (Wildman–Crippen LogP) is -0.680. The van der Waals surface area contributed by atoms with Gasteiger partial charge in [-0.1, -0.05) is 0 Å². The zero-order valence-corrected chi connectivity index (χ0v) is 14.9. The van der Waals surface area contributed by atoms with Crippen LogP contribution in [0.1, 0.15) is 38.5 Å². The Bertz CT molecular complexity index is 689. The highest BCUT2D eigenvalue weighted by molar-refractivity contribution is 7.80. The molecule has 4 saturated heterocycles. The minimum atomic E-state index is -4.80. The summed E-state index contributed by atoms with van der Waals surface area (Å²) in [7, 11) is -4.80. The lowest BCUT2D eigenvalue weighted by molar-refractivity contribution is -0.145. The second-order valence-electron chi connectivity index (χ2n) is 7.33. The molecule has 12 heteroatoms. The molecule has 4 bridgehead atoms. The molecule has 4 heterocycles. The summed E-state index contributed by atoms with van der Waals surface area (Å²) in [5.41, 5.74) is 2.47. The van der Waals surface area contributed by atoms with Crippen LogP contribution in [-0.4, -0.2) is 71.7 Å². The van der Waals surface area contributed by atoms with E-state index in [-0.39, 0.29) is 12.6 Å². The van der Waals surface area contributed by atoms with Gasteiger partial charge in [0.1, 0.15) is 6.04 Å². The number of urea groups is 1. The molecule has 4 fully saturated rings. The molecule has 0 saturated carbocycles. The number of carbonyl (C=O) groups is 2. The number of rotatable bonds is 5. The van der Waals surface area contributed by atoms with Crippen LogP contribution in [0, 0.1) is 0 Å². The molecule has 0 aromatic rings. The Hall–Kier alpha value is -1.47. The van der Waals surface area contributed by atoms with Crippen molar-refractivity contribution in [3.63, 3.8) is 0 Å². The van der Waals surface area contributed by atoms with Crippen molar-refractivity contribution in [3.05, 3.63) is 0 Å². The number of hydroxylamine groups is 3. The third-order valence-electron chi connectivity index (χ3n) is 5.56. The van der Waals surface area contributed by atoms with Crippen LogP contribution in [-0.2, 0) is 24.3 Å². The van der Waals surface area contributed by atoms with Gasteiger partial charge in [-0.15, -0.1) is 4.28 Å². The van der Waals surface area contributed by atoms with Crippen molar-refractivity contribution in [1.82, 2.24) is 20.8 Å².